The van der Waals surface area contributed by atoms with Crippen LogP contribution in [0.5, 0.6) is 0 Å². The molecule has 0 unspecified atom stereocenters. The third-order valence-corrected chi connectivity index (χ3v) is 5.12. The predicted octanol–water partition coefficient (Wildman–Crippen LogP) is 3.47. The Labute approximate surface area is 171 Å². The summed E-state index contributed by atoms with van der Waals surface area (Å²) in [7, 11) is 0. The predicted molar refractivity (Wildman–Crippen MR) is 115 cm³/mol. The molecular formula is C18H21BrN6OS. The Morgan fingerprint density at radius 2 is 2.00 bits per heavy atom. The number of hydrogen-bond donors (Lipinski definition) is 3. The number of amides is 1. The van der Waals surface area contributed by atoms with E-state index in [4.69, 9.17) is 5.73 Å². The van der Waals surface area contributed by atoms with Gasteiger partial charge < -0.3 is 20.5 Å². The number of carbonyl (C=O) groups excluding carboxylic acids is 1. The maximum Gasteiger partial charge on any atom is 0.278 e. The zero-order chi connectivity index (χ0) is 19.4. The number of aryl methyl sites for hydroxylation is 1. The SMILES string of the molecule is Cc1c[nH]c2ncnc(N3CCN(C(=O)S)CC3)c12.Nc1cccc(Br)c1. The normalized spacial score (nSPS) is 14.0. The average molecular weight is 449 g/mol. The zero-order valence-corrected chi connectivity index (χ0v) is 17.4. The molecule has 1 fully saturated rings. The summed E-state index contributed by atoms with van der Waals surface area (Å²) < 4.78 is 1.03. The second kappa shape index (κ2) is 8.62. The van der Waals surface area contributed by atoms with Gasteiger partial charge in [0.25, 0.3) is 5.24 Å². The van der Waals surface area contributed by atoms with E-state index in [1.54, 1.807) is 11.2 Å². The molecule has 1 aliphatic rings. The summed E-state index contributed by atoms with van der Waals surface area (Å²) in [6.07, 6.45) is 3.51. The first-order valence-corrected chi connectivity index (χ1v) is 9.72. The lowest BCUT2D eigenvalue weighted by Crippen LogP contribution is -2.47. The highest BCUT2D eigenvalue weighted by atomic mass is 79.9. The van der Waals surface area contributed by atoms with Crippen molar-refractivity contribution in [3.63, 3.8) is 0 Å². The highest BCUT2D eigenvalue weighted by Crippen LogP contribution is 2.26. The minimum absolute atomic E-state index is 0.162. The topological polar surface area (TPSA) is 91.1 Å². The third-order valence-electron chi connectivity index (χ3n) is 4.35. The number of anilines is 2. The van der Waals surface area contributed by atoms with Gasteiger partial charge in [-0.15, -0.1) is 0 Å². The lowest BCUT2D eigenvalue weighted by Gasteiger charge is -2.34. The number of hydrogen-bond acceptors (Lipinski definition) is 5. The van der Waals surface area contributed by atoms with Gasteiger partial charge in [-0.1, -0.05) is 34.6 Å². The number of piperazine rings is 1. The summed E-state index contributed by atoms with van der Waals surface area (Å²) in [5, 5.41) is 0.901. The van der Waals surface area contributed by atoms with Gasteiger partial charge in [0.05, 0.1) is 5.39 Å². The summed E-state index contributed by atoms with van der Waals surface area (Å²) in [5.41, 5.74) is 8.21. The summed E-state index contributed by atoms with van der Waals surface area (Å²) in [5.74, 6) is 0.940. The molecule has 1 aromatic carbocycles. The molecule has 0 bridgehead atoms. The van der Waals surface area contributed by atoms with Gasteiger partial charge in [-0.25, -0.2) is 9.97 Å². The maximum absolute atomic E-state index is 11.2. The summed E-state index contributed by atoms with van der Waals surface area (Å²) in [6, 6.07) is 7.56. The Morgan fingerprint density at radius 3 is 2.59 bits per heavy atom. The number of nitrogens with two attached hydrogens (primary N) is 1. The van der Waals surface area contributed by atoms with Crippen LogP contribution < -0.4 is 10.6 Å². The maximum atomic E-state index is 11.2. The van der Waals surface area contributed by atoms with Crippen molar-refractivity contribution in [3.05, 3.63) is 46.8 Å². The lowest BCUT2D eigenvalue weighted by atomic mass is 10.2. The Bertz CT molecular complexity index is 921. The number of rotatable bonds is 1. The van der Waals surface area contributed by atoms with Crippen molar-refractivity contribution in [3.8, 4) is 0 Å². The summed E-state index contributed by atoms with van der Waals surface area (Å²) >= 11 is 7.14. The molecule has 27 heavy (non-hydrogen) atoms. The van der Waals surface area contributed by atoms with Crippen LogP contribution in [0.2, 0.25) is 0 Å². The van der Waals surface area contributed by atoms with Gasteiger partial charge in [0.1, 0.15) is 17.8 Å². The van der Waals surface area contributed by atoms with Crippen molar-refractivity contribution < 1.29 is 4.79 Å². The molecule has 0 radical (unpaired) electrons. The van der Waals surface area contributed by atoms with Crippen LogP contribution in [0.15, 0.2) is 41.3 Å². The molecule has 1 saturated heterocycles. The number of thiol groups is 1. The number of fused-ring (bicyclic) bond motifs is 1. The molecule has 2 aromatic heterocycles. The number of nitrogens with zero attached hydrogens (tertiary/aromatic N) is 4. The first kappa shape index (κ1) is 19.5. The molecule has 9 heteroatoms. The Morgan fingerprint density at radius 1 is 1.26 bits per heavy atom. The second-order valence-corrected chi connectivity index (χ2v) is 7.50. The quantitative estimate of drug-likeness (QED) is 0.391. The molecule has 0 saturated carbocycles. The number of aromatic nitrogens is 3. The van der Waals surface area contributed by atoms with Crippen LogP contribution in [0.25, 0.3) is 11.0 Å². The van der Waals surface area contributed by atoms with Crippen molar-refractivity contribution in [1.29, 1.82) is 0 Å². The van der Waals surface area contributed by atoms with Crippen molar-refractivity contribution in [2.75, 3.05) is 36.8 Å². The van der Waals surface area contributed by atoms with Crippen molar-refractivity contribution in [2.45, 2.75) is 6.92 Å². The number of nitrogens with one attached hydrogen (secondary N) is 1. The van der Waals surface area contributed by atoms with Crippen LogP contribution in [0.3, 0.4) is 0 Å². The van der Waals surface area contributed by atoms with Gasteiger partial charge in [0, 0.05) is 42.5 Å². The highest BCUT2D eigenvalue weighted by Gasteiger charge is 2.22. The number of halogens is 1. The van der Waals surface area contributed by atoms with Crippen LogP contribution in [0.4, 0.5) is 16.3 Å². The molecule has 142 valence electrons. The minimum atomic E-state index is -0.162. The fourth-order valence-corrected chi connectivity index (χ4v) is 3.57. The van der Waals surface area contributed by atoms with Crippen molar-refractivity contribution in [1.82, 2.24) is 19.9 Å². The summed E-state index contributed by atoms with van der Waals surface area (Å²) in [4.78, 5) is 26.9. The zero-order valence-electron chi connectivity index (χ0n) is 14.9. The van der Waals surface area contributed by atoms with E-state index < -0.39 is 0 Å². The standard InChI is InChI=1S/C12H15N5OS.C6H6BrN/c1-8-6-13-10-9(8)11(15-7-14-10)16-2-4-17(5-3-16)12(18)19;7-5-2-1-3-6(8)4-5/h6-7H,2-5H2,1H3,(H,18,19)(H,13,14,15);1-4H,8H2. The largest absolute Gasteiger partial charge is 0.399 e. The van der Waals surface area contributed by atoms with Gasteiger partial charge in [0.15, 0.2) is 0 Å². The van der Waals surface area contributed by atoms with Gasteiger partial charge in [-0.2, -0.15) is 0 Å². The molecular weight excluding hydrogens is 428 g/mol. The molecule has 0 atom stereocenters. The molecule has 0 spiro atoms. The number of H-pyrrole nitrogens is 1. The molecule has 1 amide bonds. The Kier molecular flexibility index (Phi) is 6.22. The van der Waals surface area contributed by atoms with Crippen LogP contribution in [-0.2, 0) is 0 Å². The number of aromatic amines is 1. The number of carbonyl (C=O) groups is 1. The van der Waals surface area contributed by atoms with Gasteiger partial charge >= 0.3 is 0 Å². The first-order valence-electron chi connectivity index (χ1n) is 8.48. The highest BCUT2D eigenvalue weighted by molar-refractivity contribution is 9.10. The molecule has 4 rings (SSSR count). The minimum Gasteiger partial charge on any atom is -0.399 e. The van der Waals surface area contributed by atoms with E-state index in [0.29, 0.717) is 13.1 Å². The Hall–Kier alpha value is -2.26. The number of benzene rings is 1. The van der Waals surface area contributed by atoms with E-state index in [1.807, 2.05) is 37.4 Å². The Balaban J connectivity index is 0.000000221. The van der Waals surface area contributed by atoms with Crippen molar-refractivity contribution in [2.24, 2.45) is 0 Å². The summed E-state index contributed by atoms with van der Waals surface area (Å²) in [6.45, 7) is 4.93. The number of nitrogen functional groups attached to an aromatic ring is 1. The third kappa shape index (κ3) is 4.72. The second-order valence-electron chi connectivity index (χ2n) is 6.20. The van der Waals surface area contributed by atoms with Gasteiger partial charge in [0.2, 0.25) is 0 Å². The fraction of sp³-hybridized carbons (Fsp3) is 0.278. The monoisotopic (exact) mass is 448 g/mol. The van der Waals surface area contributed by atoms with E-state index in [-0.39, 0.29) is 5.24 Å². The van der Waals surface area contributed by atoms with Crippen LogP contribution in [0.1, 0.15) is 5.56 Å². The van der Waals surface area contributed by atoms with Crippen LogP contribution in [-0.4, -0.2) is 51.3 Å². The van der Waals surface area contributed by atoms with Gasteiger partial charge in [-0.05, 0) is 30.7 Å². The van der Waals surface area contributed by atoms with Crippen LogP contribution >= 0.6 is 28.6 Å². The van der Waals surface area contributed by atoms with E-state index in [1.165, 1.54) is 0 Å². The smallest absolute Gasteiger partial charge is 0.278 e. The van der Waals surface area contributed by atoms with E-state index in [2.05, 4.69) is 48.4 Å². The molecule has 3 aromatic rings. The van der Waals surface area contributed by atoms with Crippen LogP contribution in [0, 0.1) is 6.92 Å². The van der Waals surface area contributed by atoms with E-state index in [9.17, 15) is 4.79 Å². The average Bonchev–Trinajstić information content (AvgIpc) is 3.03. The van der Waals surface area contributed by atoms with E-state index >= 15 is 0 Å². The molecule has 3 N–H and O–H groups in total. The van der Waals surface area contributed by atoms with Gasteiger partial charge in [-0.3, -0.25) is 4.79 Å². The molecule has 7 nitrogen and oxygen atoms in total. The lowest BCUT2D eigenvalue weighted by molar-refractivity contribution is 0.220. The molecule has 3 heterocycles. The fourth-order valence-electron chi connectivity index (χ4n) is 2.95. The van der Waals surface area contributed by atoms with E-state index in [0.717, 1.165) is 45.7 Å². The first-order chi connectivity index (χ1) is 13.0. The van der Waals surface area contributed by atoms with Crippen molar-refractivity contribution >= 4 is 56.3 Å². The molecule has 1 aliphatic heterocycles. The molecule has 0 aliphatic carbocycles.